The normalized spacial score (nSPS) is 13.8. The molecular weight excluding hydrogens is 323 g/mol. The third kappa shape index (κ3) is 6.94. The number of hydrogen-bond acceptors (Lipinski definition) is 2. The third-order valence-corrected chi connectivity index (χ3v) is 3.29. The molecule has 0 aromatic heterocycles. The molecule has 6 heteroatoms. The summed E-state index contributed by atoms with van der Waals surface area (Å²) in [4.78, 5) is 1.58. The van der Waals surface area contributed by atoms with E-state index < -0.39 is 18.7 Å². The van der Waals surface area contributed by atoms with Crippen molar-refractivity contribution >= 4 is 15.9 Å². The summed E-state index contributed by atoms with van der Waals surface area (Å²) >= 11 is 3.31. The molecule has 108 valence electrons. The van der Waals surface area contributed by atoms with E-state index in [0.717, 1.165) is 10.0 Å². The maximum Gasteiger partial charge on any atom is 0.390 e. The molecule has 0 heterocycles. The van der Waals surface area contributed by atoms with Gasteiger partial charge in [0.25, 0.3) is 0 Å². The van der Waals surface area contributed by atoms with Gasteiger partial charge in [0.1, 0.15) is 0 Å². The standard InChI is InChI=1S/C13H17BrF3NO/c1-18(8-6-13(15,16)17)7-5-12(19)10-3-2-4-11(14)9-10/h2-4,9,12,19H,5-8H2,1H3. The first kappa shape index (κ1) is 16.5. The summed E-state index contributed by atoms with van der Waals surface area (Å²) in [5, 5.41) is 9.95. The smallest absolute Gasteiger partial charge is 0.388 e. The molecule has 1 aromatic rings. The van der Waals surface area contributed by atoms with E-state index in [1.807, 2.05) is 12.1 Å². The lowest BCUT2D eigenvalue weighted by Crippen LogP contribution is -2.26. The summed E-state index contributed by atoms with van der Waals surface area (Å²) < 4.78 is 37.0. The molecule has 1 unspecified atom stereocenters. The van der Waals surface area contributed by atoms with Gasteiger partial charge in [0.15, 0.2) is 0 Å². The molecule has 1 atom stereocenters. The monoisotopic (exact) mass is 339 g/mol. The Morgan fingerprint density at radius 2 is 2.00 bits per heavy atom. The Kier molecular flexibility index (Phi) is 6.29. The topological polar surface area (TPSA) is 23.5 Å². The van der Waals surface area contributed by atoms with Crippen molar-refractivity contribution in [2.45, 2.75) is 25.1 Å². The van der Waals surface area contributed by atoms with Crippen molar-refractivity contribution < 1.29 is 18.3 Å². The molecule has 2 nitrogen and oxygen atoms in total. The number of hydrogen-bond donors (Lipinski definition) is 1. The van der Waals surface area contributed by atoms with Crippen LogP contribution in [0.15, 0.2) is 28.7 Å². The fourth-order valence-electron chi connectivity index (χ4n) is 1.65. The van der Waals surface area contributed by atoms with Gasteiger partial charge in [-0.25, -0.2) is 0 Å². The summed E-state index contributed by atoms with van der Waals surface area (Å²) in [7, 11) is 1.62. The highest BCUT2D eigenvalue weighted by molar-refractivity contribution is 9.10. The molecule has 0 aliphatic heterocycles. The lowest BCUT2D eigenvalue weighted by atomic mass is 10.1. The molecule has 1 rings (SSSR count). The first-order valence-corrected chi connectivity index (χ1v) is 6.76. The average molecular weight is 340 g/mol. The highest BCUT2D eigenvalue weighted by Crippen LogP contribution is 2.22. The maximum atomic E-state index is 12.0. The first-order valence-electron chi connectivity index (χ1n) is 5.97. The van der Waals surface area contributed by atoms with E-state index in [1.54, 1.807) is 24.1 Å². The Labute approximate surface area is 119 Å². The summed E-state index contributed by atoms with van der Waals surface area (Å²) in [5.41, 5.74) is 0.763. The number of benzene rings is 1. The van der Waals surface area contributed by atoms with E-state index in [4.69, 9.17) is 0 Å². The maximum absolute atomic E-state index is 12.0. The second-order valence-corrected chi connectivity index (χ2v) is 5.44. The van der Waals surface area contributed by atoms with Gasteiger partial charge in [-0.3, -0.25) is 0 Å². The molecule has 0 saturated carbocycles. The van der Waals surface area contributed by atoms with Crippen LogP contribution in [0, 0.1) is 0 Å². The van der Waals surface area contributed by atoms with Gasteiger partial charge in [0, 0.05) is 17.6 Å². The second-order valence-electron chi connectivity index (χ2n) is 4.53. The van der Waals surface area contributed by atoms with Crippen LogP contribution in [0.3, 0.4) is 0 Å². The van der Waals surface area contributed by atoms with Gasteiger partial charge in [0.05, 0.1) is 12.5 Å². The Balaban J connectivity index is 2.36. The van der Waals surface area contributed by atoms with E-state index in [2.05, 4.69) is 15.9 Å². The van der Waals surface area contributed by atoms with Gasteiger partial charge in [-0.2, -0.15) is 13.2 Å². The van der Waals surface area contributed by atoms with Crippen LogP contribution in [-0.2, 0) is 0 Å². The summed E-state index contributed by atoms with van der Waals surface area (Å²) in [6.07, 6.45) is -5.20. The molecule has 0 aliphatic carbocycles. The number of alkyl halides is 3. The Hall–Kier alpha value is -0.590. The van der Waals surface area contributed by atoms with Crippen molar-refractivity contribution in [2.75, 3.05) is 20.1 Å². The number of aliphatic hydroxyl groups excluding tert-OH is 1. The Morgan fingerprint density at radius 3 is 2.58 bits per heavy atom. The molecule has 1 N–H and O–H groups in total. The van der Waals surface area contributed by atoms with Crippen LogP contribution in [0.1, 0.15) is 24.5 Å². The van der Waals surface area contributed by atoms with Crippen LogP contribution in [0.4, 0.5) is 13.2 Å². The number of rotatable bonds is 6. The van der Waals surface area contributed by atoms with Crippen LogP contribution in [0.2, 0.25) is 0 Å². The molecule has 1 aromatic carbocycles. The third-order valence-electron chi connectivity index (χ3n) is 2.79. The van der Waals surface area contributed by atoms with Gasteiger partial charge in [-0.15, -0.1) is 0 Å². The largest absolute Gasteiger partial charge is 0.390 e. The SMILES string of the molecule is CN(CCC(O)c1cccc(Br)c1)CCC(F)(F)F. The average Bonchev–Trinajstić information content (AvgIpc) is 2.32. The zero-order valence-electron chi connectivity index (χ0n) is 10.6. The van der Waals surface area contributed by atoms with Crippen molar-refractivity contribution in [3.05, 3.63) is 34.3 Å². The molecule has 0 aliphatic rings. The first-order chi connectivity index (χ1) is 8.78. The molecule has 0 fully saturated rings. The lowest BCUT2D eigenvalue weighted by Gasteiger charge is -2.19. The van der Waals surface area contributed by atoms with Crippen LogP contribution in [0.5, 0.6) is 0 Å². The minimum atomic E-state index is -4.13. The minimum Gasteiger partial charge on any atom is -0.388 e. The van der Waals surface area contributed by atoms with Crippen molar-refractivity contribution in [3.63, 3.8) is 0 Å². The number of halogens is 4. The molecule has 0 radical (unpaired) electrons. The summed E-state index contributed by atoms with van der Waals surface area (Å²) in [6, 6.07) is 7.27. The van der Waals surface area contributed by atoms with Gasteiger partial charge in [-0.05, 0) is 31.2 Å². The predicted molar refractivity (Wildman–Crippen MR) is 71.9 cm³/mol. The number of aliphatic hydroxyl groups is 1. The van der Waals surface area contributed by atoms with E-state index in [0.29, 0.717) is 13.0 Å². The van der Waals surface area contributed by atoms with E-state index in [9.17, 15) is 18.3 Å². The van der Waals surface area contributed by atoms with Crippen LogP contribution >= 0.6 is 15.9 Å². The molecule has 0 amide bonds. The van der Waals surface area contributed by atoms with E-state index in [1.165, 1.54) is 0 Å². The Morgan fingerprint density at radius 1 is 1.32 bits per heavy atom. The summed E-state index contributed by atoms with van der Waals surface area (Å²) in [5.74, 6) is 0. The van der Waals surface area contributed by atoms with Gasteiger partial charge in [0.2, 0.25) is 0 Å². The molecular formula is C13H17BrF3NO. The highest BCUT2D eigenvalue weighted by atomic mass is 79.9. The zero-order chi connectivity index (χ0) is 14.5. The molecule has 19 heavy (non-hydrogen) atoms. The van der Waals surface area contributed by atoms with Gasteiger partial charge >= 0.3 is 6.18 Å². The fourth-order valence-corrected chi connectivity index (χ4v) is 2.07. The van der Waals surface area contributed by atoms with Crippen molar-refractivity contribution in [2.24, 2.45) is 0 Å². The van der Waals surface area contributed by atoms with Crippen molar-refractivity contribution in [3.8, 4) is 0 Å². The summed E-state index contributed by atoms with van der Waals surface area (Å²) in [6.45, 7) is 0.373. The highest BCUT2D eigenvalue weighted by Gasteiger charge is 2.27. The minimum absolute atomic E-state index is 0.0469. The molecule has 0 bridgehead atoms. The molecule has 0 spiro atoms. The predicted octanol–water partition coefficient (Wildman–Crippen LogP) is 3.76. The lowest BCUT2D eigenvalue weighted by molar-refractivity contribution is -0.137. The Bertz CT molecular complexity index is 398. The fraction of sp³-hybridized carbons (Fsp3) is 0.538. The van der Waals surface area contributed by atoms with Crippen LogP contribution in [-0.4, -0.2) is 36.3 Å². The zero-order valence-corrected chi connectivity index (χ0v) is 12.2. The second kappa shape index (κ2) is 7.26. The van der Waals surface area contributed by atoms with E-state index >= 15 is 0 Å². The van der Waals surface area contributed by atoms with E-state index in [-0.39, 0.29) is 6.54 Å². The van der Waals surface area contributed by atoms with Crippen LogP contribution < -0.4 is 0 Å². The van der Waals surface area contributed by atoms with Gasteiger partial charge in [-0.1, -0.05) is 28.1 Å². The molecule has 0 saturated heterocycles. The van der Waals surface area contributed by atoms with Crippen molar-refractivity contribution in [1.29, 1.82) is 0 Å². The quantitative estimate of drug-likeness (QED) is 0.853. The number of nitrogens with zero attached hydrogens (tertiary/aromatic N) is 1. The van der Waals surface area contributed by atoms with Crippen molar-refractivity contribution in [1.82, 2.24) is 4.90 Å². The van der Waals surface area contributed by atoms with Gasteiger partial charge < -0.3 is 10.0 Å². The van der Waals surface area contributed by atoms with Crippen LogP contribution in [0.25, 0.3) is 0 Å².